The van der Waals surface area contributed by atoms with Crippen molar-refractivity contribution in [2.75, 3.05) is 18.8 Å². The first-order chi connectivity index (χ1) is 13.2. The minimum Gasteiger partial charge on any atom is -0.343 e. The van der Waals surface area contributed by atoms with E-state index in [2.05, 4.69) is 4.98 Å². The highest BCUT2D eigenvalue weighted by Gasteiger charge is 2.25. The number of nitrogens with zero attached hydrogens (tertiary/aromatic N) is 2. The molecule has 2 aliphatic rings. The Morgan fingerprint density at radius 3 is 2.74 bits per heavy atom. The van der Waals surface area contributed by atoms with E-state index in [1.165, 1.54) is 18.6 Å². The Morgan fingerprint density at radius 2 is 1.96 bits per heavy atom. The predicted molar refractivity (Wildman–Crippen MR) is 114 cm³/mol. The Morgan fingerprint density at radius 1 is 1.15 bits per heavy atom. The summed E-state index contributed by atoms with van der Waals surface area (Å²) in [6.07, 6.45) is 7.10. The number of aromatic amines is 1. The van der Waals surface area contributed by atoms with E-state index in [9.17, 15) is 9.59 Å². The van der Waals surface area contributed by atoms with Crippen LogP contribution in [0.5, 0.6) is 0 Å². The molecule has 27 heavy (non-hydrogen) atoms. The number of benzene rings is 1. The Balaban J connectivity index is 1.26. The van der Waals surface area contributed by atoms with Crippen LogP contribution in [0.25, 0.3) is 11.0 Å². The second kappa shape index (κ2) is 8.78. The molecular weight excluding hydrogens is 378 g/mol. The van der Waals surface area contributed by atoms with E-state index < -0.39 is 0 Å². The van der Waals surface area contributed by atoms with Crippen molar-refractivity contribution in [1.29, 1.82) is 0 Å². The summed E-state index contributed by atoms with van der Waals surface area (Å²) in [5, 5.41) is 0.801. The predicted octanol–water partition coefficient (Wildman–Crippen LogP) is 4.21. The third kappa shape index (κ3) is 4.40. The quantitative estimate of drug-likeness (QED) is 0.578. The van der Waals surface area contributed by atoms with Gasteiger partial charge < -0.3 is 9.88 Å². The molecule has 7 heteroatoms. The lowest BCUT2D eigenvalue weighted by atomic mass is 10.0. The second-order valence-corrected chi connectivity index (χ2v) is 10.3. The standard InChI is InChI=1S/C20H27N3O2S2/c24-19(8-4-1-5-16-11-14-26-27-16)22-12-9-15(10-13-22)23-18-7-3-2-6-17(18)21-20(23)25/h2-3,6-7,15-16H,1,4-5,8-14H2,(H,21,25). The number of aromatic nitrogens is 2. The summed E-state index contributed by atoms with van der Waals surface area (Å²) in [4.78, 5) is 29.8. The van der Waals surface area contributed by atoms with Crippen molar-refractivity contribution in [1.82, 2.24) is 14.5 Å². The largest absolute Gasteiger partial charge is 0.343 e. The third-order valence-electron chi connectivity index (χ3n) is 5.70. The zero-order valence-electron chi connectivity index (χ0n) is 15.6. The van der Waals surface area contributed by atoms with Crippen molar-refractivity contribution in [3.8, 4) is 0 Å². The number of nitrogens with one attached hydrogen (secondary N) is 1. The molecule has 0 saturated carbocycles. The number of fused-ring (bicyclic) bond motifs is 1. The lowest BCUT2D eigenvalue weighted by Crippen LogP contribution is -2.40. The van der Waals surface area contributed by atoms with Crippen LogP contribution in [0.15, 0.2) is 29.1 Å². The summed E-state index contributed by atoms with van der Waals surface area (Å²) < 4.78 is 1.88. The molecule has 0 bridgehead atoms. The molecule has 1 aromatic carbocycles. The van der Waals surface area contributed by atoms with Gasteiger partial charge in [-0.3, -0.25) is 9.36 Å². The number of amides is 1. The highest BCUT2D eigenvalue weighted by Crippen LogP contribution is 2.39. The topological polar surface area (TPSA) is 58.1 Å². The molecule has 2 aliphatic heterocycles. The first kappa shape index (κ1) is 19.0. The summed E-state index contributed by atoms with van der Waals surface area (Å²) in [6.45, 7) is 1.51. The highest BCUT2D eigenvalue weighted by atomic mass is 33.1. The number of piperidine rings is 1. The van der Waals surface area contributed by atoms with Gasteiger partial charge in [-0.15, -0.1) is 0 Å². The molecule has 0 spiro atoms. The number of rotatable bonds is 6. The molecule has 0 aliphatic carbocycles. The molecule has 3 heterocycles. The van der Waals surface area contributed by atoms with Gasteiger partial charge in [0.15, 0.2) is 0 Å². The first-order valence-electron chi connectivity index (χ1n) is 9.97. The first-order valence-corrected chi connectivity index (χ1v) is 12.4. The smallest absolute Gasteiger partial charge is 0.326 e. The molecule has 4 rings (SSSR count). The van der Waals surface area contributed by atoms with E-state index in [1.54, 1.807) is 0 Å². The molecule has 1 amide bonds. The van der Waals surface area contributed by atoms with E-state index in [0.717, 1.165) is 55.1 Å². The van der Waals surface area contributed by atoms with Gasteiger partial charge in [0, 0.05) is 36.6 Å². The molecule has 146 valence electrons. The van der Waals surface area contributed by atoms with Gasteiger partial charge in [-0.1, -0.05) is 40.1 Å². The molecule has 0 radical (unpaired) electrons. The van der Waals surface area contributed by atoms with Crippen molar-refractivity contribution in [3.63, 3.8) is 0 Å². The van der Waals surface area contributed by atoms with Gasteiger partial charge in [0.25, 0.3) is 0 Å². The lowest BCUT2D eigenvalue weighted by Gasteiger charge is -2.32. The number of carbonyl (C=O) groups is 1. The molecule has 1 unspecified atom stereocenters. The van der Waals surface area contributed by atoms with Crippen molar-refractivity contribution in [2.45, 2.75) is 56.2 Å². The maximum absolute atomic E-state index is 12.5. The molecule has 1 atom stereocenters. The van der Waals surface area contributed by atoms with E-state index in [4.69, 9.17) is 0 Å². The summed E-state index contributed by atoms with van der Waals surface area (Å²) in [5.74, 6) is 1.57. The zero-order chi connectivity index (χ0) is 18.6. The second-order valence-electron chi connectivity index (χ2n) is 7.50. The maximum Gasteiger partial charge on any atom is 0.326 e. The SMILES string of the molecule is O=C(CCCCC1CCSS1)N1CCC(n2c(=O)[nH]c3ccccc32)CC1. The fourth-order valence-corrected chi connectivity index (χ4v) is 7.21. The Hall–Kier alpha value is -1.34. The van der Waals surface area contributed by atoms with E-state index in [1.807, 2.05) is 55.3 Å². The number of likely N-dealkylation sites (tertiary alicyclic amines) is 1. The molecule has 2 fully saturated rings. The van der Waals surface area contributed by atoms with Crippen LogP contribution in [0.1, 0.15) is 51.0 Å². The molecular formula is C20H27N3O2S2. The van der Waals surface area contributed by atoms with Gasteiger partial charge in [0.1, 0.15) is 0 Å². The number of unbranched alkanes of at least 4 members (excludes halogenated alkanes) is 1. The third-order valence-corrected chi connectivity index (χ3v) is 8.71. The van der Waals surface area contributed by atoms with Crippen molar-refractivity contribution < 1.29 is 4.79 Å². The van der Waals surface area contributed by atoms with Crippen LogP contribution in [0.3, 0.4) is 0 Å². The Labute approximate surface area is 167 Å². The van der Waals surface area contributed by atoms with Crippen LogP contribution in [-0.2, 0) is 4.79 Å². The van der Waals surface area contributed by atoms with Gasteiger partial charge in [-0.05, 0) is 44.2 Å². The summed E-state index contributed by atoms with van der Waals surface area (Å²) in [6, 6.07) is 8.01. The van der Waals surface area contributed by atoms with Crippen LogP contribution in [0.4, 0.5) is 0 Å². The van der Waals surface area contributed by atoms with E-state index >= 15 is 0 Å². The number of imidazole rings is 1. The zero-order valence-corrected chi connectivity index (χ0v) is 17.2. The van der Waals surface area contributed by atoms with Crippen LogP contribution in [0, 0.1) is 0 Å². The van der Waals surface area contributed by atoms with Crippen molar-refractivity contribution in [2.24, 2.45) is 0 Å². The molecule has 5 nitrogen and oxygen atoms in total. The fraction of sp³-hybridized carbons (Fsp3) is 0.600. The summed E-state index contributed by atoms with van der Waals surface area (Å²) >= 11 is 0. The van der Waals surface area contributed by atoms with Crippen molar-refractivity contribution in [3.05, 3.63) is 34.7 Å². The number of hydrogen-bond acceptors (Lipinski definition) is 4. The van der Waals surface area contributed by atoms with E-state index in [0.29, 0.717) is 6.42 Å². The monoisotopic (exact) mass is 405 g/mol. The Kier molecular flexibility index (Phi) is 6.18. The fourth-order valence-electron chi connectivity index (χ4n) is 4.18. The van der Waals surface area contributed by atoms with Gasteiger partial charge >= 0.3 is 5.69 Å². The lowest BCUT2D eigenvalue weighted by molar-refractivity contribution is -0.132. The van der Waals surface area contributed by atoms with Crippen LogP contribution < -0.4 is 5.69 Å². The normalized spacial score (nSPS) is 21.2. The summed E-state index contributed by atoms with van der Waals surface area (Å²) in [7, 11) is 4.01. The van der Waals surface area contributed by atoms with Gasteiger partial charge in [-0.25, -0.2) is 4.79 Å². The summed E-state index contributed by atoms with van der Waals surface area (Å²) in [5.41, 5.74) is 1.82. The maximum atomic E-state index is 12.5. The van der Waals surface area contributed by atoms with E-state index in [-0.39, 0.29) is 17.6 Å². The van der Waals surface area contributed by atoms with Crippen molar-refractivity contribution >= 4 is 38.5 Å². The Bertz CT molecular complexity index is 833. The average Bonchev–Trinajstić information content (AvgIpc) is 3.32. The average molecular weight is 406 g/mol. The molecule has 1 N–H and O–H groups in total. The number of H-pyrrole nitrogens is 1. The van der Waals surface area contributed by atoms with Gasteiger partial charge in [0.05, 0.1) is 11.0 Å². The molecule has 2 saturated heterocycles. The number of hydrogen-bond donors (Lipinski definition) is 1. The van der Waals surface area contributed by atoms with Crippen LogP contribution in [-0.4, -0.2) is 44.5 Å². The van der Waals surface area contributed by atoms with Crippen LogP contribution in [0.2, 0.25) is 0 Å². The van der Waals surface area contributed by atoms with Gasteiger partial charge in [-0.2, -0.15) is 0 Å². The number of para-hydroxylation sites is 2. The highest BCUT2D eigenvalue weighted by molar-refractivity contribution is 8.77. The molecule has 1 aromatic heterocycles. The minimum atomic E-state index is -0.0380. The van der Waals surface area contributed by atoms with Crippen LogP contribution >= 0.6 is 21.6 Å². The minimum absolute atomic E-state index is 0.0380. The number of carbonyl (C=O) groups excluding carboxylic acids is 1. The molecule has 2 aromatic rings. The van der Waals surface area contributed by atoms with Gasteiger partial charge in [0.2, 0.25) is 5.91 Å².